The lowest BCUT2D eigenvalue weighted by Gasteiger charge is -2.44. The summed E-state index contributed by atoms with van der Waals surface area (Å²) >= 11 is 0. The van der Waals surface area contributed by atoms with Crippen molar-refractivity contribution >= 4 is 10.8 Å². The summed E-state index contributed by atoms with van der Waals surface area (Å²) in [5, 5.41) is 4.12. The highest BCUT2D eigenvalue weighted by Crippen LogP contribution is 2.34. The maximum Gasteiger partial charge on any atom is 0.0527 e. The third kappa shape index (κ3) is 2.28. The average molecular weight is 229 g/mol. The molecule has 0 aromatic carbocycles. The Hall–Kier alpha value is 0.110. The Morgan fingerprint density at radius 3 is 2.73 bits per heavy atom. The van der Waals surface area contributed by atoms with Crippen LogP contribution in [0.5, 0.6) is 0 Å². The fourth-order valence-corrected chi connectivity index (χ4v) is 5.47. The van der Waals surface area contributed by atoms with E-state index in [0.29, 0.717) is 23.3 Å². The molecule has 1 saturated heterocycles. The number of nitrogens with one attached hydrogen (secondary N) is 1. The molecule has 1 aliphatic carbocycles. The number of fused-ring (bicyclic) bond motifs is 1. The van der Waals surface area contributed by atoms with Crippen LogP contribution in [0, 0.1) is 11.8 Å². The van der Waals surface area contributed by atoms with Crippen molar-refractivity contribution in [2.45, 2.75) is 57.4 Å². The van der Waals surface area contributed by atoms with Gasteiger partial charge in [0, 0.05) is 28.6 Å². The van der Waals surface area contributed by atoms with Gasteiger partial charge >= 0.3 is 0 Å². The summed E-state index contributed by atoms with van der Waals surface area (Å²) in [6.07, 6.45) is 3.58. The Labute approximate surface area is 95.7 Å². The van der Waals surface area contributed by atoms with Crippen LogP contribution in [0.15, 0.2) is 0 Å². The van der Waals surface area contributed by atoms with Crippen molar-refractivity contribution in [2.75, 3.05) is 5.75 Å². The zero-order valence-corrected chi connectivity index (χ0v) is 10.8. The predicted molar refractivity (Wildman–Crippen MR) is 65.4 cm³/mol. The summed E-state index contributed by atoms with van der Waals surface area (Å²) in [5.74, 6) is 2.29. The van der Waals surface area contributed by atoms with Crippen molar-refractivity contribution in [3.63, 3.8) is 0 Å². The molecular formula is C12H23NOS. The van der Waals surface area contributed by atoms with E-state index in [-0.39, 0.29) is 0 Å². The third-order valence-corrected chi connectivity index (χ3v) is 6.13. The Balaban J connectivity index is 2.11. The second-order valence-electron chi connectivity index (χ2n) is 5.44. The first-order valence-electron chi connectivity index (χ1n) is 6.25. The normalized spacial score (nSPS) is 51.1. The van der Waals surface area contributed by atoms with Crippen molar-refractivity contribution in [1.29, 1.82) is 0 Å². The Bertz CT molecular complexity index is 256. The van der Waals surface area contributed by atoms with Gasteiger partial charge in [-0.2, -0.15) is 0 Å². The molecule has 1 heterocycles. The smallest absolute Gasteiger partial charge is 0.0527 e. The first-order chi connectivity index (χ1) is 7.11. The van der Waals surface area contributed by atoms with Crippen LogP contribution in [0.3, 0.4) is 0 Å². The van der Waals surface area contributed by atoms with Crippen molar-refractivity contribution < 1.29 is 4.21 Å². The zero-order valence-electron chi connectivity index (χ0n) is 10.0. The number of hydrogen-bond acceptors (Lipinski definition) is 2. The minimum atomic E-state index is -0.594. The lowest BCUT2D eigenvalue weighted by molar-refractivity contribution is 0.224. The second-order valence-corrected chi connectivity index (χ2v) is 7.08. The van der Waals surface area contributed by atoms with Gasteiger partial charge in [0.05, 0.1) is 5.25 Å². The molecule has 6 atom stereocenters. The van der Waals surface area contributed by atoms with E-state index in [9.17, 15) is 4.21 Å². The molecule has 0 radical (unpaired) electrons. The van der Waals surface area contributed by atoms with Crippen molar-refractivity contribution in [2.24, 2.45) is 11.8 Å². The molecule has 3 heteroatoms. The minimum Gasteiger partial charge on any atom is -0.309 e. The molecule has 88 valence electrons. The van der Waals surface area contributed by atoms with Gasteiger partial charge in [0.2, 0.25) is 0 Å². The lowest BCUT2D eigenvalue weighted by atomic mass is 9.79. The summed E-state index contributed by atoms with van der Waals surface area (Å²) < 4.78 is 12.2. The zero-order chi connectivity index (χ0) is 11.0. The largest absolute Gasteiger partial charge is 0.309 e. The first-order valence-corrected chi connectivity index (χ1v) is 7.63. The Morgan fingerprint density at radius 1 is 1.33 bits per heavy atom. The molecule has 1 N–H and O–H groups in total. The lowest BCUT2D eigenvalue weighted by Crippen LogP contribution is -2.59. The van der Waals surface area contributed by atoms with E-state index in [1.807, 2.05) is 0 Å². The Morgan fingerprint density at radius 2 is 2.07 bits per heavy atom. The van der Waals surface area contributed by atoms with Crippen molar-refractivity contribution in [3.05, 3.63) is 0 Å². The van der Waals surface area contributed by atoms with Gasteiger partial charge in [0.15, 0.2) is 0 Å². The SMILES string of the molecule is CCC1CS(=O)C2C(C)CC(C)CC2N1. The van der Waals surface area contributed by atoms with Crippen LogP contribution < -0.4 is 5.32 Å². The van der Waals surface area contributed by atoms with Crippen LogP contribution in [0.1, 0.15) is 40.0 Å². The summed E-state index contributed by atoms with van der Waals surface area (Å²) in [7, 11) is -0.594. The molecule has 0 amide bonds. The van der Waals surface area contributed by atoms with Gasteiger partial charge in [-0.05, 0) is 31.1 Å². The van der Waals surface area contributed by atoms with Crippen LogP contribution in [0.2, 0.25) is 0 Å². The highest BCUT2D eigenvalue weighted by Gasteiger charge is 2.41. The average Bonchev–Trinajstić information content (AvgIpc) is 2.15. The molecular weight excluding hydrogens is 206 g/mol. The van der Waals surface area contributed by atoms with E-state index in [1.54, 1.807) is 0 Å². The summed E-state index contributed by atoms with van der Waals surface area (Å²) in [5.41, 5.74) is 0. The molecule has 0 bridgehead atoms. The topological polar surface area (TPSA) is 29.1 Å². The predicted octanol–water partition coefficient (Wildman–Crippen LogP) is 1.92. The maximum atomic E-state index is 12.2. The first kappa shape index (κ1) is 11.6. The molecule has 0 spiro atoms. The molecule has 2 nitrogen and oxygen atoms in total. The molecule has 0 aromatic rings. The molecule has 1 saturated carbocycles. The van der Waals surface area contributed by atoms with Gasteiger partial charge < -0.3 is 5.32 Å². The second kappa shape index (κ2) is 4.54. The van der Waals surface area contributed by atoms with Gasteiger partial charge in [-0.15, -0.1) is 0 Å². The van der Waals surface area contributed by atoms with Crippen LogP contribution in [0.4, 0.5) is 0 Å². The molecule has 0 aromatic heterocycles. The molecule has 2 rings (SSSR count). The molecule has 2 fully saturated rings. The van der Waals surface area contributed by atoms with Gasteiger partial charge in [0.1, 0.15) is 0 Å². The van der Waals surface area contributed by atoms with Crippen molar-refractivity contribution in [1.82, 2.24) is 5.32 Å². The third-order valence-electron chi connectivity index (χ3n) is 4.00. The van der Waals surface area contributed by atoms with Crippen LogP contribution >= 0.6 is 0 Å². The quantitative estimate of drug-likeness (QED) is 0.744. The Kier molecular flexibility index (Phi) is 3.51. The number of hydrogen-bond donors (Lipinski definition) is 1. The van der Waals surface area contributed by atoms with E-state index in [0.717, 1.165) is 18.1 Å². The summed E-state index contributed by atoms with van der Waals surface area (Å²) in [6.45, 7) is 6.79. The van der Waals surface area contributed by atoms with Gasteiger partial charge in [-0.3, -0.25) is 4.21 Å². The van der Waals surface area contributed by atoms with E-state index in [4.69, 9.17) is 0 Å². The monoisotopic (exact) mass is 229 g/mol. The molecule has 6 unspecified atom stereocenters. The number of rotatable bonds is 1. The fourth-order valence-electron chi connectivity index (χ4n) is 3.33. The van der Waals surface area contributed by atoms with Gasteiger partial charge in [0.25, 0.3) is 0 Å². The summed E-state index contributed by atoms with van der Waals surface area (Å²) in [6, 6.07) is 1.01. The minimum absolute atomic E-state index is 0.420. The van der Waals surface area contributed by atoms with E-state index >= 15 is 0 Å². The standard InChI is InChI=1S/C12H23NOS/c1-4-10-7-15(14)12-9(3)5-8(2)6-11(12)13-10/h8-13H,4-7H2,1-3H3. The maximum absolute atomic E-state index is 12.2. The van der Waals surface area contributed by atoms with E-state index < -0.39 is 10.8 Å². The van der Waals surface area contributed by atoms with Crippen LogP contribution in [0.25, 0.3) is 0 Å². The van der Waals surface area contributed by atoms with E-state index in [2.05, 4.69) is 26.1 Å². The fraction of sp³-hybridized carbons (Fsp3) is 1.00. The highest BCUT2D eigenvalue weighted by molar-refractivity contribution is 7.85. The molecule has 15 heavy (non-hydrogen) atoms. The van der Waals surface area contributed by atoms with E-state index in [1.165, 1.54) is 12.8 Å². The summed E-state index contributed by atoms with van der Waals surface area (Å²) in [4.78, 5) is 0. The van der Waals surface area contributed by atoms with Gasteiger partial charge in [-0.25, -0.2) is 0 Å². The van der Waals surface area contributed by atoms with Crippen LogP contribution in [-0.4, -0.2) is 27.3 Å². The molecule has 1 aliphatic heterocycles. The molecule has 2 aliphatic rings. The highest BCUT2D eigenvalue weighted by atomic mass is 32.2. The van der Waals surface area contributed by atoms with Crippen molar-refractivity contribution in [3.8, 4) is 0 Å². The van der Waals surface area contributed by atoms with Crippen LogP contribution in [-0.2, 0) is 10.8 Å². The van der Waals surface area contributed by atoms with Gasteiger partial charge in [-0.1, -0.05) is 20.8 Å².